The highest BCUT2D eigenvalue weighted by Gasteiger charge is 2.46. The zero-order chi connectivity index (χ0) is 17.4. The molecule has 0 radical (unpaired) electrons. The van der Waals surface area contributed by atoms with Crippen molar-refractivity contribution >= 4 is 29.2 Å². The van der Waals surface area contributed by atoms with Crippen LogP contribution in [-0.2, 0) is 16.0 Å². The minimum atomic E-state index is -0.153. The Morgan fingerprint density at radius 2 is 2.00 bits per heavy atom. The van der Waals surface area contributed by atoms with Crippen LogP contribution in [0.15, 0.2) is 30.5 Å². The third-order valence-corrected chi connectivity index (χ3v) is 6.29. The molecular formula is C20H28ClN3O2. The zero-order valence-electron chi connectivity index (χ0n) is 15.5. The molecular weight excluding hydrogens is 350 g/mol. The first-order valence-electron chi connectivity index (χ1n) is 9.26. The Bertz CT molecular complexity index is 767. The quantitative estimate of drug-likeness (QED) is 0.894. The number of likely N-dealkylation sites (tertiary alicyclic amines) is 1. The molecule has 26 heavy (non-hydrogen) atoms. The summed E-state index contributed by atoms with van der Waals surface area (Å²) in [7, 11) is 1.90. The first kappa shape index (κ1) is 19.2. The number of amides is 1. The summed E-state index contributed by atoms with van der Waals surface area (Å²) in [6.07, 6.45) is 5.20. The van der Waals surface area contributed by atoms with Gasteiger partial charge in [-0.25, -0.2) is 0 Å². The number of hydrogen-bond donors (Lipinski definition) is 1. The number of ether oxygens (including phenoxy) is 1. The smallest absolute Gasteiger partial charge is 0.248 e. The standard InChI is InChI=1S/C20H27N3O2.ClH/c1-15-20(25-14-19(24)22(15)2)8-11-23(12-9-20)10-7-16-13-21-18-6-4-3-5-17(16)18;/h3-6,13,15,21H,7-12,14H2,1-2H3;1H. The van der Waals surface area contributed by atoms with Crippen molar-refractivity contribution in [2.45, 2.75) is 37.8 Å². The molecule has 1 amide bonds. The largest absolute Gasteiger partial charge is 0.363 e. The predicted octanol–water partition coefficient (Wildman–Crippen LogP) is 2.84. The second-order valence-electron chi connectivity index (χ2n) is 7.49. The van der Waals surface area contributed by atoms with Gasteiger partial charge >= 0.3 is 0 Å². The number of piperidine rings is 1. The van der Waals surface area contributed by atoms with Crippen LogP contribution in [-0.4, -0.2) is 65.6 Å². The number of rotatable bonds is 3. The average molecular weight is 378 g/mol. The summed E-state index contributed by atoms with van der Waals surface area (Å²) in [6, 6.07) is 8.65. The van der Waals surface area contributed by atoms with Crippen LogP contribution in [0, 0.1) is 0 Å². The van der Waals surface area contributed by atoms with Crippen molar-refractivity contribution in [1.82, 2.24) is 14.8 Å². The van der Waals surface area contributed by atoms with E-state index in [0.29, 0.717) is 0 Å². The molecule has 2 aliphatic rings. The molecule has 2 aliphatic heterocycles. The SMILES string of the molecule is CC1N(C)C(=O)COC12CCN(CCc1c[nH]c3ccccc13)CC2.Cl. The molecule has 142 valence electrons. The van der Waals surface area contributed by atoms with Crippen molar-refractivity contribution in [1.29, 1.82) is 0 Å². The Labute approximate surface area is 161 Å². The fourth-order valence-corrected chi connectivity index (χ4v) is 4.33. The number of fused-ring (bicyclic) bond motifs is 1. The molecule has 0 saturated carbocycles. The summed E-state index contributed by atoms with van der Waals surface area (Å²) < 4.78 is 6.03. The van der Waals surface area contributed by atoms with Crippen LogP contribution in [0.4, 0.5) is 0 Å². The van der Waals surface area contributed by atoms with Gasteiger partial charge in [0.05, 0.1) is 11.6 Å². The molecule has 1 atom stereocenters. The number of hydrogen-bond acceptors (Lipinski definition) is 3. The fourth-order valence-electron chi connectivity index (χ4n) is 4.33. The molecule has 1 spiro atoms. The van der Waals surface area contributed by atoms with Crippen LogP contribution in [0.1, 0.15) is 25.3 Å². The summed E-state index contributed by atoms with van der Waals surface area (Å²) in [5.74, 6) is 0.0971. The van der Waals surface area contributed by atoms with Crippen molar-refractivity contribution in [3.8, 4) is 0 Å². The van der Waals surface area contributed by atoms with Gasteiger partial charge < -0.3 is 19.5 Å². The third kappa shape index (κ3) is 3.36. The number of nitrogens with zero attached hydrogens (tertiary/aromatic N) is 2. The van der Waals surface area contributed by atoms with Crippen molar-refractivity contribution in [2.75, 3.05) is 33.3 Å². The molecule has 2 fully saturated rings. The van der Waals surface area contributed by atoms with Gasteiger partial charge in [0.1, 0.15) is 6.61 Å². The minimum Gasteiger partial charge on any atom is -0.363 e. The number of para-hydroxylation sites is 1. The van der Waals surface area contributed by atoms with Crippen LogP contribution in [0.2, 0.25) is 0 Å². The van der Waals surface area contributed by atoms with Crippen LogP contribution in [0.5, 0.6) is 0 Å². The van der Waals surface area contributed by atoms with Crippen molar-refractivity contribution in [3.05, 3.63) is 36.0 Å². The minimum absolute atomic E-state index is 0. The van der Waals surface area contributed by atoms with E-state index in [2.05, 4.69) is 47.3 Å². The molecule has 2 aromatic rings. The lowest BCUT2D eigenvalue weighted by Gasteiger charge is -2.50. The summed E-state index contributed by atoms with van der Waals surface area (Å²) in [6.45, 7) is 5.50. The lowest BCUT2D eigenvalue weighted by Crippen LogP contribution is -2.62. The van der Waals surface area contributed by atoms with Gasteiger partial charge in [-0.3, -0.25) is 4.79 Å². The van der Waals surface area contributed by atoms with E-state index >= 15 is 0 Å². The zero-order valence-corrected chi connectivity index (χ0v) is 16.3. The van der Waals surface area contributed by atoms with Crippen LogP contribution in [0.3, 0.4) is 0 Å². The number of likely N-dealkylation sites (N-methyl/N-ethyl adjacent to an activating group) is 1. The number of H-pyrrole nitrogens is 1. The number of morpholine rings is 1. The van der Waals surface area contributed by atoms with Gasteiger partial charge in [0.25, 0.3) is 0 Å². The number of aromatic amines is 1. The number of aromatic nitrogens is 1. The monoisotopic (exact) mass is 377 g/mol. The van der Waals surface area contributed by atoms with Crippen molar-refractivity contribution < 1.29 is 9.53 Å². The molecule has 5 nitrogen and oxygen atoms in total. The van der Waals surface area contributed by atoms with Gasteiger partial charge in [0, 0.05) is 43.8 Å². The highest BCUT2D eigenvalue weighted by atomic mass is 35.5. The first-order valence-corrected chi connectivity index (χ1v) is 9.26. The van der Waals surface area contributed by atoms with Gasteiger partial charge in [-0.05, 0) is 37.8 Å². The molecule has 6 heteroatoms. The third-order valence-electron chi connectivity index (χ3n) is 6.29. The van der Waals surface area contributed by atoms with E-state index in [1.54, 1.807) is 0 Å². The number of carbonyl (C=O) groups excluding carboxylic acids is 1. The maximum atomic E-state index is 11.8. The fraction of sp³-hybridized carbons (Fsp3) is 0.550. The highest BCUT2D eigenvalue weighted by Crippen LogP contribution is 2.35. The molecule has 2 saturated heterocycles. The molecule has 1 N–H and O–H groups in total. The maximum absolute atomic E-state index is 11.8. The summed E-state index contributed by atoms with van der Waals surface area (Å²) in [4.78, 5) is 19.6. The maximum Gasteiger partial charge on any atom is 0.248 e. The van der Waals surface area contributed by atoms with Crippen molar-refractivity contribution in [2.24, 2.45) is 0 Å². The number of halogens is 1. The van der Waals surface area contributed by atoms with Gasteiger partial charge in [-0.15, -0.1) is 12.4 Å². The molecule has 0 aliphatic carbocycles. The Hall–Kier alpha value is -1.56. The van der Waals surface area contributed by atoms with E-state index in [1.807, 2.05) is 11.9 Å². The molecule has 3 heterocycles. The van der Waals surface area contributed by atoms with E-state index in [1.165, 1.54) is 16.5 Å². The molecule has 4 rings (SSSR count). The van der Waals surface area contributed by atoms with E-state index in [-0.39, 0.29) is 36.6 Å². The van der Waals surface area contributed by atoms with Crippen LogP contribution >= 0.6 is 12.4 Å². The second-order valence-corrected chi connectivity index (χ2v) is 7.49. The highest BCUT2D eigenvalue weighted by molar-refractivity contribution is 5.85. The second kappa shape index (κ2) is 7.59. The molecule has 1 unspecified atom stereocenters. The Morgan fingerprint density at radius 1 is 1.27 bits per heavy atom. The first-order chi connectivity index (χ1) is 12.1. The lowest BCUT2D eigenvalue weighted by atomic mass is 9.83. The number of benzene rings is 1. The van der Waals surface area contributed by atoms with Gasteiger partial charge in [-0.1, -0.05) is 18.2 Å². The summed E-state index contributed by atoms with van der Waals surface area (Å²) >= 11 is 0. The molecule has 0 bridgehead atoms. The van der Waals surface area contributed by atoms with E-state index in [0.717, 1.165) is 38.9 Å². The van der Waals surface area contributed by atoms with Gasteiger partial charge in [0.2, 0.25) is 5.91 Å². The summed E-state index contributed by atoms with van der Waals surface area (Å²) in [5, 5.41) is 1.33. The lowest BCUT2D eigenvalue weighted by molar-refractivity contribution is -0.183. The van der Waals surface area contributed by atoms with Crippen molar-refractivity contribution in [3.63, 3.8) is 0 Å². The van der Waals surface area contributed by atoms with Crippen LogP contribution < -0.4 is 0 Å². The Kier molecular flexibility index (Phi) is 5.61. The van der Waals surface area contributed by atoms with Gasteiger partial charge in [0.15, 0.2) is 0 Å². The van der Waals surface area contributed by atoms with E-state index in [4.69, 9.17) is 4.74 Å². The van der Waals surface area contributed by atoms with E-state index in [9.17, 15) is 4.79 Å². The molecule has 1 aromatic carbocycles. The average Bonchev–Trinajstić information content (AvgIpc) is 3.06. The van der Waals surface area contributed by atoms with Crippen LogP contribution in [0.25, 0.3) is 10.9 Å². The predicted molar refractivity (Wildman–Crippen MR) is 106 cm³/mol. The number of nitrogens with one attached hydrogen (secondary N) is 1. The summed E-state index contributed by atoms with van der Waals surface area (Å²) in [5.41, 5.74) is 2.45. The van der Waals surface area contributed by atoms with E-state index < -0.39 is 0 Å². The Balaban J connectivity index is 0.00000196. The van der Waals surface area contributed by atoms with Gasteiger partial charge in [-0.2, -0.15) is 0 Å². The number of carbonyl (C=O) groups is 1. The molecule has 1 aromatic heterocycles. The normalized spacial score (nSPS) is 23.4. The Morgan fingerprint density at radius 3 is 2.77 bits per heavy atom. The topological polar surface area (TPSA) is 48.6 Å².